The third-order valence-electron chi connectivity index (χ3n) is 3.58. The SMILES string of the molecule is Cc1cc(/C=C/C(=O)O)cc(C)c1NC(=O)c1cccc(N=C(N)N)c1. The van der Waals surface area contributed by atoms with Crippen LogP contribution in [0.3, 0.4) is 0 Å². The van der Waals surface area contributed by atoms with Gasteiger partial charge >= 0.3 is 5.97 Å². The molecule has 7 nitrogen and oxygen atoms in total. The van der Waals surface area contributed by atoms with E-state index in [4.69, 9.17) is 16.6 Å². The average molecular weight is 352 g/mol. The fourth-order valence-corrected chi connectivity index (χ4v) is 2.51. The molecule has 6 N–H and O–H groups in total. The lowest BCUT2D eigenvalue weighted by Crippen LogP contribution is -2.22. The van der Waals surface area contributed by atoms with Gasteiger partial charge in [0, 0.05) is 17.3 Å². The number of carbonyl (C=O) groups is 2. The zero-order valence-corrected chi connectivity index (χ0v) is 14.5. The van der Waals surface area contributed by atoms with Gasteiger partial charge < -0.3 is 21.9 Å². The third-order valence-corrected chi connectivity index (χ3v) is 3.58. The summed E-state index contributed by atoms with van der Waals surface area (Å²) in [6.45, 7) is 3.69. The second-order valence-electron chi connectivity index (χ2n) is 5.74. The number of amides is 1. The largest absolute Gasteiger partial charge is 0.478 e. The number of carbonyl (C=O) groups excluding carboxylic acids is 1. The molecule has 0 aliphatic carbocycles. The van der Waals surface area contributed by atoms with Crippen molar-refractivity contribution in [3.63, 3.8) is 0 Å². The van der Waals surface area contributed by atoms with Crippen LogP contribution in [-0.2, 0) is 4.79 Å². The van der Waals surface area contributed by atoms with Gasteiger partial charge in [-0.1, -0.05) is 6.07 Å². The highest BCUT2D eigenvalue weighted by Crippen LogP contribution is 2.24. The Morgan fingerprint density at radius 2 is 1.77 bits per heavy atom. The molecule has 0 bridgehead atoms. The molecule has 0 aliphatic heterocycles. The normalized spacial score (nSPS) is 10.5. The first kappa shape index (κ1) is 18.7. The third kappa shape index (κ3) is 4.94. The first-order valence-electron chi connectivity index (χ1n) is 7.79. The van der Waals surface area contributed by atoms with Crippen molar-refractivity contribution in [1.29, 1.82) is 0 Å². The standard InChI is InChI=1S/C19H20N4O3/c1-11-8-13(6-7-16(24)25)9-12(2)17(11)23-18(26)14-4-3-5-15(10-14)22-19(20)21/h3-10H,1-2H3,(H,23,26)(H,24,25)(H4,20,21,22)/b7-6+. The molecule has 7 heteroatoms. The van der Waals surface area contributed by atoms with Crippen LogP contribution < -0.4 is 16.8 Å². The maximum atomic E-state index is 12.5. The minimum Gasteiger partial charge on any atom is -0.478 e. The van der Waals surface area contributed by atoms with Gasteiger partial charge in [-0.05, 0) is 66.9 Å². The molecule has 0 heterocycles. The summed E-state index contributed by atoms with van der Waals surface area (Å²) in [5.41, 5.74) is 14.7. The first-order chi connectivity index (χ1) is 12.3. The molecule has 0 saturated heterocycles. The van der Waals surface area contributed by atoms with Crippen LogP contribution in [0.4, 0.5) is 11.4 Å². The van der Waals surface area contributed by atoms with E-state index in [0.717, 1.165) is 22.8 Å². The van der Waals surface area contributed by atoms with Crippen molar-refractivity contribution in [2.75, 3.05) is 5.32 Å². The van der Waals surface area contributed by atoms with Crippen molar-refractivity contribution in [2.45, 2.75) is 13.8 Å². The second kappa shape index (κ2) is 7.98. The van der Waals surface area contributed by atoms with Crippen LogP contribution in [0.1, 0.15) is 27.0 Å². The molecule has 0 fully saturated rings. The first-order valence-corrected chi connectivity index (χ1v) is 7.79. The van der Waals surface area contributed by atoms with Gasteiger partial charge in [0.05, 0.1) is 5.69 Å². The van der Waals surface area contributed by atoms with Crippen LogP contribution in [0.5, 0.6) is 0 Å². The summed E-state index contributed by atoms with van der Waals surface area (Å²) in [4.78, 5) is 27.1. The lowest BCUT2D eigenvalue weighted by molar-refractivity contribution is -0.131. The molecule has 2 aromatic rings. The van der Waals surface area contributed by atoms with Gasteiger partial charge in [0.1, 0.15) is 0 Å². The zero-order valence-electron chi connectivity index (χ0n) is 14.5. The van der Waals surface area contributed by atoms with Gasteiger partial charge in [-0.3, -0.25) is 4.79 Å². The number of nitrogens with zero attached hydrogens (tertiary/aromatic N) is 1. The summed E-state index contributed by atoms with van der Waals surface area (Å²) in [5.74, 6) is -1.39. The quantitative estimate of drug-likeness (QED) is 0.373. The maximum Gasteiger partial charge on any atom is 0.328 e. The molecule has 1 amide bonds. The number of rotatable bonds is 5. The van der Waals surface area contributed by atoms with Crippen molar-refractivity contribution < 1.29 is 14.7 Å². The molecule has 0 aliphatic rings. The number of aryl methyl sites for hydroxylation is 2. The lowest BCUT2D eigenvalue weighted by Gasteiger charge is -2.13. The molecular formula is C19H20N4O3. The molecule has 26 heavy (non-hydrogen) atoms. The summed E-state index contributed by atoms with van der Waals surface area (Å²) >= 11 is 0. The maximum absolute atomic E-state index is 12.5. The number of hydrogen-bond acceptors (Lipinski definition) is 3. The van der Waals surface area contributed by atoms with Crippen molar-refractivity contribution in [3.8, 4) is 0 Å². The minimum atomic E-state index is -1.02. The number of nitrogens with one attached hydrogen (secondary N) is 1. The number of aliphatic imine (C=N–C) groups is 1. The number of aliphatic carboxylic acids is 1. The molecule has 2 aromatic carbocycles. The second-order valence-corrected chi connectivity index (χ2v) is 5.74. The summed E-state index contributed by atoms with van der Waals surface area (Å²) in [7, 11) is 0. The molecular weight excluding hydrogens is 332 g/mol. The Morgan fingerprint density at radius 1 is 1.12 bits per heavy atom. The smallest absolute Gasteiger partial charge is 0.328 e. The van der Waals surface area contributed by atoms with Gasteiger partial charge in [0.15, 0.2) is 5.96 Å². The highest BCUT2D eigenvalue weighted by molar-refractivity contribution is 6.05. The Bertz CT molecular complexity index is 890. The van der Waals surface area contributed by atoms with E-state index in [9.17, 15) is 9.59 Å². The Balaban J connectivity index is 2.27. The van der Waals surface area contributed by atoms with E-state index in [1.165, 1.54) is 6.08 Å². The van der Waals surface area contributed by atoms with Gasteiger partial charge in [0.25, 0.3) is 5.91 Å². The highest BCUT2D eigenvalue weighted by atomic mass is 16.4. The monoisotopic (exact) mass is 352 g/mol. The topological polar surface area (TPSA) is 131 Å². The Morgan fingerprint density at radius 3 is 2.35 bits per heavy atom. The summed E-state index contributed by atoms with van der Waals surface area (Å²) < 4.78 is 0. The predicted octanol–water partition coefficient (Wildman–Crippen LogP) is 2.56. The Kier molecular flexibility index (Phi) is 5.74. The fraction of sp³-hybridized carbons (Fsp3) is 0.105. The van der Waals surface area contributed by atoms with Crippen LogP contribution in [0.2, 0.25) is 0 Å². The van der Waals surface area contributed by atoms with E-state index in [1.807, 2.05) is 13.8 Å². The van der Waals surface area contributed by atoms with Crippen LogP contribution in [0.15, 0.2) is 47.5 Å². The summed E-state index contributed by atoms with van der Waals surface area (Å²) in [5, 5.41) is 11.6. The van der Waals surface area contributed by atoms with Crippen LogP contribution in [-0.4, -0.2) is 22.9 Å². The van der Waals surface area contributed by atoms with Crippen LogP contribution in [0.25, 0.3) is 6.08 Å². The molecule has 0 aromatic heterocycles. The van der Waals surface area contributed by atoms with E-state index in [1.54, 1.807) is 36.4 Å². The number of hydrogen-bond donors (Lipinski definition) is 4. The van der Waals surface area contributed by atoms with Crippen molar-refractivity contribution in [2.24, 2.45) is 16.5 Å². The molecule has 0 saturated carbocycles. The van der Waals surface area contributed by atoms with Gasteiger partial charge in [0.2, 0.25) is 0 Å². The van der Waals surface area contributed by atoms with E-state index in [-0.39, 0.29) is 11.9 Å². The predicted molar refractivity (Wildman–Crippen MR) is 102 cm³/mol. The van der Waals surface area contributed by atoms with Crippen LogP contribution >= 0.6 is 0 Å². The molecule has 0 spiro atoms. The van der Waals surface area contributed by atoms with Crippen molar-refractivity contribution >= 4 is 35.3 Å². The average Bonchev–Trinajstić information content (AvgIpc) is 2.55. The molecule has 0 atom stereocenters. The number of guanidine groups is 1. The Labute approximate surface area is 151 Å². The van der Waals surface area contributed by atoms with E-state index in [0.29, 0.717) is 16.9 Å². The molecule has 134 valence electrons. The highest BCUT2D eigenvalue weighted by Gasteiger charge is 2.11. The van der Waals surface area contributed by atoms with Gasteiger partial charge in [-0.2, -0.15) is 0 Å². The lowest BCUT2D eigenvalue weighted by atomic mass is 10.0. The number of carboxylic acid groups (broad SMARTS) is 1. The fourth-order valence-electron chi connectivity index (χ4n) is 2.51. The molecule has 0 radical (unpaired) electrons. The Hall–Kier alpha value is -3.61. The molecule has 2 rings (SSSR count). The van der Waals surface area contributed by atoms with Crippen molar-refractivity contribution in [3.05, 3.63) is 64.7 Å². The van der Waals surface area contributed by atoms with Crippen molar-refractivity contribution in [1.82, 2.24) is 0 Å². The minimum absolute atomic E-state index is 0.0840. The van der Waals surface area contributed by atoms with Gasteiger partial charge in [-0.15, -0.1) is 0 Å². The number of benzene rings is 2. The number of nitrogens with two attached hydrogens (primary N) is 2. The van der Waals surface area contributed by atoms with Gasteiger partial charge in [-0.25, -0.2) is 9.79 Å². The summed E-state index contributed by atoms with van der Waals surface area (Å²) in [6.07, 6.45) is 2.58. The zero-order chi connectivity index (χ0) is 19.3. The number of carboxylic acids is 1. The van der Waals surface area contributed by atoms with E-state index in [2.05, 4.69) is 10.3 Å². The summed E-state index contributed by atoms with van der Waals surface area (Å²) in [6, 6.07) is 10.2. The van der Waals surface area contributed by atoms with E-state index < -0.39 is 5.97 Å². The van der Waals surface area contributed by atoms with E-state index >= 15 is 0 Å². The molecule has 0 unspecified atom stereocenters. The number of anilines is 1. The van der Waals surface area contributed by atoms with Crippen LogP contribution in [0, 0.1) is 13.8 Å².